The number of aromatic nitrogens is 2. The third kappa shape index (κ3) is 2.80. The van der Waals surface area contributed by atoms with Crippen LogP contribution in [0.25, 0.3) is 11.3 Å². The summed E-state index contributed by atoms with van der Waals surface area (Å²) in [5.74, 6) is 1.14. The lowest BCUT2D eigenvalue weighted by molar-refractivity contribution is 0.0399. The fraction of sp³-hybridized carbons (Fsp3) is 0.375. The Morgan fingerprint density at radius 2 is 2.10 bits per heavy atom. The standard InChI is InChI=1S/C16H18N2O2/c1-2-20-15(12-8-9-12)16-17-13(10-14(19)18-16)11-6-4-3-5-7-11/h3-7,10,12,15H,2,8-9H2,1H3,(H,17,18,19). The molecule has 1 aliphatic rings. The second-order valence-corrected chi connectivity index (χ2v) is 5.10. The van der Waals surface area contributed by atoms with Crippen LogP contribution in [0.3, 0.4) is 0 Å². The predicted octanol–water partition coefficient (Wildman–Crippen LogP) is 2.92. The molecule has 20 heavy (non-hydrogen) atoms. The zero-order valence-corrected chi connectivity index (χ0v) is 11.5. The molecule has 0 spiro atoms. The van der Waals surface area contributed by atoms with E-state index in [1.807, 2.05) is 37.3 Å². The molecule has 3 rings (SSSR count). The van der Waals surface area contributed by atoms with E-state index in [0.29, 0.717) is 24.0 Å². The van der Waals surface area contributed by atoms with Gasteiger partial charge in [-0.3, -0.25) is 4.79 Å². The molecule has 1 aromatic carbocycles. The number of nitrogens with zero attached hydrogens (tertiary/aromatic N) is 1. The number of hydrogen-bond acceptors (Lipinski definition) is 3. The molecule has 104 valence electrons. The average Bonchev–Trinajstić information content (AvgIpc) is 3.29. The molecule has 0 bridgehead atoms. The Morgan fingerprint density at radius 3 is 2.75 bits per heavy atom. The van der Waals surface area contributed by atoms with Gasteiger partial charge in [-0.1, -0.05) is 30.3 Å². The molecule has 1 heterocycles. The Morgan fingerprint density at radius 1 is 1.35 bits per heavy atom. The van der Waals surface area contributed by atoms with Crippen molar-refractivity contribution in [1.29, 1.82) is 0 Å². The van der Waals surface area contributed by atoms with Gasteiger partial charge in [0.15, 0.2) is 0 Å². The fourth-order valence-electron chi connectivity index (χ4n) is 2.38. The molecule has 4 nitrogen and oxygen atoms in total. The van der Waals surface area contributed by atoms with E-state index >= 15 is 0 Å². The normalized spacial score (nSPS) is 16.1. The topological polar surface area (TPSA) is 55.0 Å². The van der Waals surface area contributed by atoms with Gasteiger partial charge >= 0.3 is 0 Å². The highest BCUT2D eigenvalue weighted by molar-refractivity contribution is 5.58. The molecule has 1 fully saturated rings. The smallest absolute Gasteiger partial charge is 0.251 e. The van der Waals surface area contributed by atoms with Crippen LogP contribution < -0.4 is 5.56 Å². The fourth-order valence-corrected chi connectivity index (χ4v) is 2.38. The van der Waals surface area contributed by atoms with Gasteiger partial charge in [-0.2, -0.15) is 0 Å². The highest BCUT2D eigenvalue weighted by Gasteiger charge is 2.34. The maximum absolute atomic E-state index is 11.9. The van der Waals surface area contributed by atoms with Crippen molar-refractivity contribution in [1.82, 2.24) is 9.97 Å². The lowest BCUT2D eigenvalue weighted by Crippen LogP contribution is -2.17. The minimum atomic E-state index is -0.126. The Bertz CT molecular complexity index is 632. The Kier molecular flexibility index (Phi) is 3.65. The van der Waals surface area contributed by atoms with Crippen molar-refractivity contribution in [3.63, 3.8) is 0 Å². The summed E-state index contributed by atoms with van der Waals surface area (Å²) in [4.78, 5) is 19.3. The molecule has 1 saturated carbocycles. The molecular weight excluding hydrogens is 252 g/mol. The van der Waals surface area contributed by atoms with Crippen molar-refractivity contribution < 1.29 is 4.74 Å². The van der Waals surface area contributed by atoms with Crippen LogP contribution in [0.1, 0.15) is 31.7 Å². The molecule has 0 amide bonds. The monoisotopic (exact) mass is 270 g/mol. The van der Waals surface area contributed by atoms with E-state index in [2.05, 4.69) is 9.97 Å². The van der Waals surface area contributed by atoms with Crippen LogP contribution in [0.15, 0.2) is 41.2 Å². The van der Waals surface area contributed by atoms with E-state index in [4.69, 9.17) is 4.74 Å². The number of hydrogen-bond donors (Lipinski definition) is 1. The SMILES string of the molecule is CCOC(c1nc(-c2ccccc2)cc(=O)[nH]1)C1CC1. The molecule has 1 aliphatic carbocycles. The second-order valence-electron chi connectivity index (χ2n) is 5.10. The first-order valence-electron chi connectivity index (χ1n) is 7.06. The zero-order valence-electron chi connectivity index (χ0n) is 11.5. The number of nitrogens with one attached hydrogen (secondary N) is 1. The van der Waals surface area contributed by atoms with Crippen molar-refractivity contribution >= 4 is 0 Å². The van der Waals surface area contributed by atoms with Crippen LogP contribution in [0, 0.1) is 5.92 Å². The number of ether oxygens (including phenoxy) is 1. The van der Waals surface area contributed by atoms with Crippen LogP contribution >= 0.6 is 0 Å². The molecule has 4 heteroatoms. The van der Waals surface area contributed by atoms with Crippen LogP contribution in [0.4, 0.5) is 0 Å². The van der Waals surface area contributed by atoms with Crippen molar-refractivity contribution in [3.8, 4) is 11.3 Å². The van der Waals surface area contributed by atoms with E-state index in [1.54, 1.807) is 0 Å². The van der Waals surface area contributed by atoms with Gasteiger partial charge in [-0.05, 0) is 25.7 Å². The largest absolute Gasteiger partial charge is 0.370 e. The van der Waals surface area contributed by atoms with Gasteiger partial charge in [-0.15, -0.1) is 0 Å². The van der Waals surface area contributed by atoms with E-state index in [-0.39, 0.29) is 11.7 Å². The van der Waals surface area contributed by atoms with Crippen molar-refractivity contribution in [2.45, 2.75) is 25.9 Å². The van der Waals surface area contributed by atoms with E-state index in [9.17, 15) is 4.79 Å². The maximum Gasteiger partial charge on any atom is 0.251 e. The predicted molar refractivity (Wildman–Crippen MR) is 77.4 cm³/mol. The maximum atomic E-state index is 11.9. The van der Waals surface area contributed by atoms with Gasteiger partial charge in [0.1, 0.15) is 11.9 Å². The van der Waals surface area contributed by atoms with Crippen LogP contribution in [-0.4, -0.2) is 16.6 Å². The minimum Gasteiger partial charge on any atom is -0.370 e. The Balaban J connectivity index is 2.00. The first kappa shape index (κ1) is 13.1. The van der Waals surface area contributed by atoms with Gasteiger partial charge in [0.25, 0.3) is 5.56 Å². The van der Waals surface area contributed by atoms with Gasteiger partial charge in [-0.25, -0.2) is 4.98 Å². The molecule has 2 aromatic rings. The summed E-state index contributed by atoms with van der Waals surface area (Å²) < 4.78 is 5.77. The molecule has 1 aromatic heterocycles. The summed E-state index contributed by atoms with van der Waals surface area (Å²) in [6.07, 6.45) is 2.20. The third-order valence-corrected chi connectivity index (χ3v) is 3.50. The van der Waals surface area contributed by atoms with Gasteiger partial charge < -0.3 is 9.72 Å². The van der Waals surface area contributed by atoms with Gasteiger partial charge in [0, 0.05) is 18.2 Å². The van der Waals surface area contributed by atoms with Crippen molar-refractivity contribution in [2.24, 2.45) is 5.92 Å². The summed E-state index contributed by atoms with van der Waals surface area (Å²) >= 11 is 0. The highest BCUT2D eigenvalue weighted by Crippen LogP contribution is 2.42. The lowest BCUT2D eigenvalue weighted by atomic mass is 10.1. The highest BCUT2D eigenvalue weighted by atomic mass is 16.5. The number of benzene rings is 1. The number of aromatic amines is 1. The first-order chi connectivity index (χ1) is 9.78. The lowest BCUT2D eigenvalue weighted by Gasteiger charge is -2.16. The molecule has 1 unspecified atom stereocenters. The van der Waals surface area contributed by atoms with Gasteiger partial charge in [0.05, 0.1) is 5.69 Å². The van der Waals surface area contributed by atoms with Gasteiger partial charge in [0.2, 0.25) is 0 Å². The molecule has 0 aliphatic heterocycles. The second kappa shape index (κ2) is 5.59. The first-order valence-corrected chi connectivity index (χ1v) is 7.06. The summed E-state index contributed by atoms with van der Waals surface area (Å²) in [6, 6.07) is 11.3. The average molecular weight is 270 g/mol. The molecule has 0 radical (unpaired) electrons. The van der Waals surface area contributed by atoms with Crippen LogP contribution in [0.2, 0.25) is 0 Å². The molecule has 0 saturated heterocycles. The molecular formula is C16H18N2O2. The van der Waals surface area contributed by atoms with Crippen molar-refractivity contribution in [2.75, 3.05) is 6.61 Å². The van der Waals surface area contributed by atoms with Crippen molar-refractivity contribution in [3.05, 3.63) is 52.6 Å². The number of rotatable bonds is 5. The van der Waals surface area contributed by atoms with E-state index in [1.165, 1.54) is 6.07 Å². The Hall–Kier alpha value is -1.94. The minimum absolute atomic E-state index is 0.0867. The summed E-state index contributed by atoms with van der Waals surface area (Å²) in [6.45, 7) is 2.59. The van der Waals surface area contributed by atoms with E-state index < -0.39 is 0 Å². The summed E-state index contributed by atoms with van der Waals surface area (Å²) in [5.41, 5.74) is 1.53. The molecule has 1 atom stereocenters. The summed E-state index contributed by atoms with van der Waals surface area (Å²) in [5, 5.41) is 0. The summed E-state index contributed by atoms with van der Waals surface area (Å²) in [7, 11) is 0. The number of H-pyrrole nitrogens is 1. The Labute approximate surface area is 117 Å². The van der Waals surface area contributed by atoms with Crippen LogP contribution in [0.5, 0.6) is 0 Å². The quantitative estimate of drug-likeness (QED) is 0.908. The van der Waals surface area contributed by atoms with E-state index in [0.717, 1.165) is 18.4 Å². The third-order valence-electron chi connectivity index (χ3n) is 3.50. The zero-order chi connectivity index (χ0) is 13.9. The molecule has 1 N–H and O–H groups in total. The van der Waals surface area contributed by atoms with Crippen LogP contribution in [-0.2, 0) is 4.74 Å².